The molecule has 0 aromatic heterocycles. The van der Waals surface area contributed by atoms with Crippen LogP contribution in [0.1, 0.15) is 19.8 Å². The summed E-state index contributed by atoms with van der Waals surface area (Å²) < 4.78 is 4.72. The van der Waals surface area contributed by atoms with Gasteiger partial charge >= 0.3 is 5.97 Å². The molecule has 0 heterocycles. The Hall–Kier alpha value is -2.04. The van der Waals surface area contributed by atoms with Gasteiger partial charge in [0.2, 0.25) is 5.91 Å². The molecule has 0 spiro atoms. The Labute approximate surface area is 99.9 Å². The molecule has 17 heavy (non-hydrogen) atoms. The number of carbonyl (C=O) groups is 2. The molecule has 0 atom stereocenters. The Morgan fingerprint density at radius 1 is 1.29 bits per heavy atom. The number of carbonyl (C=O) groups excluding carboxylic acids is 2. The molecule has 1 amide bonds. The van der Waals surface area contributed by atoms with Gasteiger partial charge in [-0.15, -0.1) is 0 Å². The van der Waals surface area contributed by atoms with Crippen LogP contribution < -0.4 is 11.1 Å². The predicted octanol–water partition coefficient (Wildman–Crippen LogP) is 1.55. The lowest BCUT2D eigenvalue weighted by Gasteiger charge is -2.07. The number of para-hydroxylation sites is 2. The van der Waals surface area contributed by atoms with Crippen LogP contribution in [0.15, 0.2) is 24.3 Å². The predicted molar refractivity (Wildman–Crippen MR) is 65.4 cm³/mol. The molecular weight excluding hydrogens is 220 g/mol. The van der Waals surface area contributed by atoms with Crippen molar-refractivity contribution in [2.24, 2.45) is 0 Å². The average Bonchev–Trinajstić information content (AvgIpc) is 2.30. The third-order valence-corrected chi connectivity index (χ3v) is 2.10. The zero-order valence-corrected chi connectivity index (χ0v) is 9.73. The molecule has 5 nitrogen and oxygen atoms in total. The molecule has 92 valence electrons. The number of rotatable bonds is 5. The topological polar surface area (TPSA) is 81.4 Å². The fourth-order valence-electron chi connectivity index (χ4n) is 1.27. The van der Waals surface area contributed by atoms with Gasteiger partial charge in [0.15, 0.2) is 0 Å². The highest BCUT2D eigenvalue weighted by Gasteiger charge is 2.08. The van der Waals surface area contributed by atoms with Gasteiger partial charge in [-0.2, -0.15) is 0 Å². The van der Waals surface area contributed by atoms with Crippen molar-refractivity contribution in [3.05, 3.63) is 24.3 Å². The van der Waals surface area contributed by atoms with Crippen molar-refractivity contribution >= 4 is 23.3 Å². The first-order valence-electron chi connectivity index (χ1n) is 5.43. The number of hydrogen-bond donors (Lipinski definition) is 2. The third-order valence-electron chi connectivity index (χ3n) is 2.10. The second-order valence-corrected chi connectivity index (χ2v) is 3.44. The molecule has 0 bridgehead atoms. The molecule has 0 fully saturated rings. The molecule has 0 saturated heterocycles. The first kappa shape index (κ1) is 13.0. The van der Waals surface area contributed by atoms with E-state index in [1.165, 1.54) is 0 Å². The van der Waals surface area contributed by atoms with E-state index < -0.39 is 0 Å². The molecule has 0 radical (unpaired) electrons. The van der Waals surface area contributed by atoms with Crippen LogP contribution in [0.3, 0.4) is 0 Å². The fraction of sp³-hybridized carbons (Fsp3) is 0.333. The van der Waals surface area contributed by atoms with Crippen LogP contribution in [0, 0.1) is 0 Å². The normalized spacial score (nSPS) is 9.71. The molecule has 0 saturated carbocycles. The van der Waals surface area contributed by atoms with Gasteiger partial charge in [-0.05, 0) is 19.1 Å². The summed E-state index contributed by atoms with van der Waals surface area (Å²) in [7, 11) is 0. The van der Waals surface area contributed by atoms with Crippen molar-refractivity contribution in [2.45, 2.75) is 19.8 Å². The zero-order valence-electron chi connectivity index (χ0n) is 9.73. The van der Waals surface area contributed by atoms with Gasteiger partial charge in [0.1, 0.15) is 0 Å². The number of esters is 1. The van der Waals surface area contributed by atoms with E-state index in [4.69, 9.17) is 10.5 Å². The molecular formula is C12H16N2O3. The average molecular weight is 236 g/mol. The first-order chi connectivity index (χ1) is 8.13. The molecule has 0 aliphatic rings. The lowest BCUT2D eigenvalue weighted by molar-refractivity contribution is -0.144. The first-order valence-corrected chi connectivity index (χ1v) is 5.43. The van der Waals surface area contributed by atoms with E-state index in [9.17, 15) is 9.59 Å². The Balaban J connectivity index is 2.40. The minimum Gasteiger partial charge on any atom is -0.466 e. The van der Waals surface area contributed by atoms with Crippen LogP contribution >= 0.6 is 0 Å². The van der Waals surface area contributed by atoms with Crippen molar-refractivity contribution in [3.8, 4) is 0 Å². The number of benzene rings is 1. The summed E-state index contributed by atoms with van der Waals surface area (Å²) in [6.07, 6.45) is 0.166. The van der Waals surface area contributed by atoms with Gasteiger partial charge in [0, 0.05) is 6.42 Å². The molecule has 0 unspecified atom stereocenters. The van der Waals surface area contributed by atoms with E-state index in [-0.39, 0.29) is 24.7 Å². The summed E-state index contributed by atoms with van der Waals surface area (Å²) in [5, 5.41) is 2.64. The van der Waals surface area contributed by atoms with E-state index in [0.29, 0.717) is 18.0 Å². The van der Waals surface area contributed by atoms with Crippen molar-refractivity contribution < 1.29 is 14.3 Å². The van der Waals surface area contributed by atoms with E-state index >= 15 is 0 Å². The maximum atomic E-state index is 11.5. The highest BCUT2D eigenvalue weighted by Crippen LogP contribution is 2.16. The van der Waals surface area contributed by atoms with Gasteiger partial charge in [-0.3, -0.25) is 9.59 Å². The van der Waals surface area contributed by atoms with E-state index in [2.05, 4.69) is 5.32 Å². The summed E-state index contributed by atoms with van der Waals surface area (Å²) in [6, 6.07) is 6.96. The minimum atomic E-state index is -0.372. The van der Waals surface area contributed by atoms with Crippen LogP contribution in [0.2, 0.25) is 0 Å². The van der Waals surface area contributed by atoms with Crippen molar-refractivity contribution in [2.75, 3.05) is 17.7 Å². The molecule has 0 aliphatic heterocycles. The third kappa shape index (κ3) is 4.55. The van der Waals surface area contributed by atoms with Crippen LogP contribution in [-0.4, -0.2) is 18.5 Å². The van der Waals surface area contributed by atoms with Gasteiger partial charge in [-0.25, -0.2) is 0 Å². The van der Waals surface area contributed by atoms with E-state index in [0.717, 1.165) is 0 Å². The Morgan fingerprint density at radius 2 is 2.00 bits per heavy atom. The number of nitrogens with two attached hydrogens (primary N) is 1. The smallest absolute Gasteiger partial charge is 0.306 e. The van der Waals surface area contributed by atoms with Crippen LogP contribution in [-0.2, 0) is 14.3 Å². The zero-order chi connectivity index (χ0) is 12.7. The van der Waals surface area contributed by atoms with Gasteiger partial charge in [0.25, 0.3) is 0 Å². The number of nitrogens with one attached hydrogen (secondary N) is 1. The van der Waals surface area contributed by atoms with Gasteiger partial charge < -0.3 is 15.8 Å². The van der Waals surface area contributed by atoms with Crippen LogP contribution in [0.5, 0.6) is 0 Å². The molecule has 1 aromatic rings. The summed E-state index contributed by atoms with van der Waals surface area (Å²) in [5.41, 5.74) is 6.72. The maximum Gasteiger partial charge on any atom is 0.306 e. The molecule has 0 aliphatic carbocycles. The van der Waals surface area contributed by atoms with Crippen molar-refractivity contribution in [1.29, 1.82) is 0 Å². The quantitative estimate of drug-likeness (QED) is 0.600. The fourth-order valence-corrected chi connectivity index (χ4v) is 1.27. The van der Waals surface area contributed by atoms with Gasteiger partial charge in [-0.1, -0.05) is 12.1 Å². The van der Waals surface area contributed by atoms with Crippen molar-refractivity contribution in [1.82, 2.24) is 0 Å². The summed E-state index contributed by atoms with van der Waals surface area (Å²) in [6.45, 7) is 2.05. The standard InChI is InChI=1S/C12H16N2O3/c1-2-17-12(16)8-7-11(15)14-10-6-4-3-5-9(10)13/h3-6H,2,7-8,13H2,1H3,(H,14,15). The Morgan fingerprint density at radius 3 is 2.65 bits per heavy atom. The lowest BCUT2D eigenvalue weighted by Crippen LogP contribution is -2.15. The highest BCUT2D eigenvalue weighted by atomic mass is 16.5. The largest absolute Gasteiger partial charge is 0.466 e. The number of ether oxygens (including phenoxy) is 1. The lowest BCUT2D eigenvalue weighted by atomic mass is 10.2. The van der Waals surface area contributed by atoms with Gasteiger partial charge in [0.05, 0.1) is 24.4 Å². The van der Waals surface area contributed by atoms with Crippen LogP contribution in [0.25, 0.3) is 0 Å². The number of hydrogen-bond acceptors (Lipinski definition) is 4. The number of nitrogen functional groups attached to an aromatic ring is 1. The van der Waals surface area contributed by atoms with Crippen molar-refractivity contribution in [3.63, 3.8) is 0 Å². The Kier molecular flexibility index (Phi) is 5.00. The van der Waals surface area contributed by atoms with E-state index in [1.54, 1.807) is 31.2 Å². The highest BCUT2D eigenvalue weighted by molar-refractivity contribution is 5.95. The van der Waals surface area contributed by atoms with Crippen LogP contribution in [0.4, 0.5) is 11.4 Å². The molecule has 3 N–H and O–H groups in total. The monoisotopic (exact) mass is 236 g/mol. The summed E-state index contributed by atoms with van der Waals surface area (Å²) in [4.78, 5) is 22.5. The summed E-state index contributed by atoms with van der Waals surface area (Å²) >= 11 is 0. The second-order valence-electron chi connectivity index (χ2n) is 3.44. The second kappa shape index (κ2) is 6.52. The molecule has 1 aromatic carbocycles. The minimum absolute atomic E-state index is 0.0758. The maximum absolute atomic E-state index is 11.5. The number of amides is 1. The Bertz CT molecular complexity index is 404. The van der Waals surface area contributed by atoms with E-state index in [1.807, 2.05) is 0 Å². The molecule has 5 heteroatoms. The number of anilines is 2. The SMILES string of the molecule is CCOC(=O)CCC(=O)Nc1ccccc1N. The molecule has 1 rings (SSSR count). The summed E-state index contributed by atoms with van der Waals surface area (Å²) in [5.74, 6) is -0.625.